The zero-order valence-corrected chi connectivity index (χ0v) is 16.5. The van der Waals surface area contributed by atoms with Crippen LogP contribution in [0.1, 0.15) is 37.7 Å². The number of carbonyl (C=O) groups is 1. The van der Waals surface area contributed by atoms with Gasteiger partial charge in [0.2, 0.25) is 10.0 Å². The first kappa shape index (κ1) is 21.1. The first-order chi connectivity index (χ1) is 12.9. The van der Waals surface area contributed by atoms with E-state index >= 15 is 0 Å². The zero-order valence-electron chi connectivity index (χ0n) is 15.7. The highest BCUT2D eigenvalue weighted by Gasteiger charge is 2.16. The normalized spacial score (nSPS) is 11.6. The summed E-state index contributed by atoms with van der Waals surface area (Å²) in [5.74, 6) is -0.785. The SMILES string of the molecule is CS(=O)(=O)N(CCCCCCC(=O)O)Cc1ccc(-c2ccccc2)cc1. The van der Waals surface area contributed by atoms with Gasteiger partial charge in [-0.3, -0.25) is 4.79 Å². The summed E-state index contributed by atoms with van der Waals surface area (Å²) >= 11 is 0. The standard InChI is InChI=1S/C21H27NO4S/c1-27(25,26)22(16-8-3-2-7-11-21(23)24)17-18-12-14-20(15-13-18)19-9-5-4-6-10-19/h4-6,9-10,12-15H,2-3,7-8,11,16-17H2,1H3,(H,23,24). The van der Waals surface area contributed by atoms with Crippen molar-refractivity contribution in [2.75, 3.05) is 12.8 Å². The number of carboxylic acid groups (broad SMARTS) is 1. The van der Waals surface area contributed by atoms with E-state index in [1.165, 1.54) is 10.6 Å². The van der Waals surface area contributed by atoms with Crippen LogP contribution in [0.25, 0.3) is 11.1 Å². The first-order valence-electron chi connectivity index (χ1n) is 9.17. The van der Waals surface area contributed by atoms with Crippen molar-refractivity contribution in [3.05, 3.63) is 60.2 Å². The van der Waals surface area contributed by atoms with Gasteiger partial charge in [-0.15, -0.1) is 0 Å². The Kier molecular flexibility index (Phi) is 8.00. The Labute approximate surface area is 161 Å². The maximum atomic E-state index is 12.1. The quantitative estimate of drug-likeness (QED) is 0.586. The van der Waals surface area contributed by atoms with Crippen LogP contribution in [0.4, 0.5) is 0 Å². The maximum absolute atomic E-state index is 12.1. The summed E-state index contributed by atoms with van der Waals surface area (Å²) in [5, 5.41) is 8.63. The Morgan fingerprint density at radius 2 is 1.48 bits per heavy atom. The molecule has 0 radical (unpaired) electrons. The molecule has 0 saturated heterocycles. The number of carboxylic acids is 1. The van der Waals surface area contributed by atoms with Crippen LogP contribution in [0.2, 0.25) is 0 Å². The highest BCUT2D eigenvalue weighted by atomic mass is 32.2. The Balaban J connectivity index is 1.91. The number of rotatable bonds is 11. The van der Waals surface area contributed by atoms with Gasteiger partial charge < -0.3 is 5.11 Å². The number of aliphatic carboxylic acids is 1. The molecule has 0 heterocycles. The molecule has 0 aliphatic carbocycles. The van der Waals surface area contributed by atoms with Crippen molar-refractivity contribution in [3.63, 3.8) is 0 Å². The monoisotopic (exact) mass is 389 g/mol. The second-order valence-electron chi connectivity index (χ2n) is 6.72. The summed E-state index contributed by atoms with van der Waals surface area (Å²) in [6.45, 7) is 0.801. The largest absolute Gasteiger partial charge is 0.481 e. The molecule has 1 N–H and O–H groups in total. The van der Waals surface area contributed by atoms with Crippen LogP contribution < -0.4 is 0 Å². The smallest absolute Gasteiger partial charge is 0.303 e. The Bertz CT molecular complexity index is 817. The average molecular weight is 390 g/mol. The Morgan fingerprint density at radius 1 is 0.889 bits per heavy atom. The molecule has 0 amide bonds. The maximum Gasteiger partial charge on any atom is 0.303 e. The van der Waals surface area contributed by atoms with Crippen LogP contribution in [0.15, 0.2) is 54.6 Å². The van der Waals surface area contributed by atoms with E-state index in [1.54, 1.807) is 0 Å². The summed E-state index contributed by atoms with van der Waals surface area (Å²) in [5.41, 5.74) is 3.18. The molecule has 0 aromatic heterocycles. The van der Waals surface area contributed by atoms with E-state index in [-0.39, 0.29) is 6.42 Å². The molecule has 5 nitrogen and oxygen atoms in total. The van der Waals surface area contributed by atoms with Gasteiger partial charge in [0.25, 0.3) is 0 Å². The zero-order chi connectivity index (χ0) is 19.7. The molecule has 2 aromatic carbocycles. The second-order valence-corrected chi connectivity index (χ2v) is 8.70. The van der Waals surface area contributed by atoms with E-state index in [4.69, 9.17) is 5.11 Å². The molecular formula is C21H27NO4S. The van der Waals surface area contributed by atoms with Crippen LogP contribution >= 0.6 is 0 Å². The van der Waals surface area contributed by atoms with Gasteiger partial charge >= 0.3 is 5.97 Å². The van der Waals surface area contributed by atoms with Gasteiger partial charge in [0.15, 0.2) is 0 Å². The lowest BCUT2D eigenvalue weighted by molar-refractivity contribution is -0.137. The summed E-state index contributed by atoms with van der Waals surface area (Å²) in [4.78, 5) is 10.5. The van der Waals surface area contributed by atoms with Crippen LogP contribution in [0, 0.1) is 0 Å². The van der Waals surface area contributed by atoms with Gasteiger partial charge in [0, 0.05) is 19.5 Å². The predicted octanol–water partition coefficient (Wildman–Crippen LogP) is 4.15. The van der Waals surface area contributed by atoms with Gasteiger partial charge in [-0.25, -0.2) is 8.42 Å². The number of benzene rings is 2. The molecule has 27 heavy (non-hydrogen) atoms. The highest BCUT2D eigenvalue weighted by molar-refractivity contribution is 7.88. The summed E-state index contributed by atoms with van der Waals surface area (Å²) in [6, 6.07) is 18.0. The molecule has 0 atom stereocenters. The summed E-state index contributed by atoms with van der Waals surface area (Å²) in [6.07, 6.45) is 4.39. The molecule has 0 unspecified atom stereocenters. The minimum absolute atomic E-state index is 0.170. The van der Waals surface area contributed by atoms with Crippen molar-refractivity contribution in [2.24, 2.45) is 0 Å². The molecule has 0 fully saturated rings. The molecule has 0 bridgehead atoms. The summed E-state index contributed by atoms with van der Waals surface area (Å²) in [7, 11) is -3.29. The van der Waals surface area contributed by atoms with E-state index in [2.05, 4.69) is 0 Å². The van der Waals surface area contributed by atoms with E-state index in [9.17, 15) is 13.2 Å². The Hall–Kier alpha value is -2.18. The number of hydrogen-bond acceptors (Lipinski definition) is 3. The van der Waals surface area contributed by atoms with Crippen molar-refractivity contribution in [1.29, 1.82) is 0 Å². The minimum atomic E-state index is -3.29. The number of sulfonamides is 1. The molecule has 0 aliphatic heterocycles. The third kappa shape index (κ3) is 7.53. The van der Waals surface area contributed by atoms with Crippen LogP contribution in [0.3, 0.4) is 0 Å². The lowest BCUT2D eigenvalue weighted by Gasteiger charge is -2.20. The lowest BCUT2D eigenvalue weighted by Crippen LogP contribution is -2.30. The topological polar surface area (TPSA) is 74.7 Å². The molecule has 0 saturated carbocycles. The highest BCUT2D eigenvalue weighted by Crippen LogP contribution is 2.20. The van der Waals surface area contributed by atoms with Gasteiger partial charge in [0.1, 0.15) is 0 Å². The molecule has 0 spiro atoms. The number of hydrogen-bond donors (Lipinski definition) is 1. The van der Waals surface area contributed by atoms with Crippen LogP contribution in [-0.4, -0.2) is 36.6 Å². The molecule has 0 aliphatic rings. The van der Waals surface area contributed by atoms with Crippen LogP contribution in [0.5, 0.6) is 0 Å². The number of nitrogens with zero attached hydrogens (tertiary/aromatic N) is 1. The van der Waals surface area contributed by atoms with Crippen molar-refractivity contribution in [2.45, 2.75) is 38.6 Å². The van der Waals surface area contributed by atoms with Gasteiger partial charge in [0.05, 0.1) is 6.26 Å². The van der Waals surface area contributed by atoms with Gasteiger partial charge in [-0.05, 0) is 29.5 Å². The molecule has 146 valence electrons. The molecule has 2 rings (SSSR count). The average Bonchev–Trinajstić information content (AvgIpc) is 2.63. The molecular weight excluding hydrogens is 362 g/mol. The van der Waals surface area contributed by atoms with E-state index in [0.717, 1.165) is 36.0 Å². The van der Waals surface area contributed by atoms with Crippen molar-refractivity contribution in [3.8, 4) is 11.1 Å². The first-order valence-corrected chi connectivity index (χ1v) is 11.0. The Morgan fingerprint density at radius 3 is 2.07 bits per heavy atom. The predicted molar refractivity (Wildman–Crippen MR) is 108 cm³/mol. The van der Waals surface area contributed by atoms with Crippen LogP contribution in [-0.2, 0) is 21.4 Å². The third-order valence-corrected chi connectivity index (χ3v) is 5.69. The van der Waals surface area contributed by atoms with Crippen molar-refractivity contribution < 1.29 is 18.3 Å². The molecule has 6 heteroatoms. The van der Waals surface area contributed by atoms with E-state index < -0.39 is 16.0 Å². The summed E-state index contributed by atoms with van der Waals surface area (Å²) < 4.78 is 25.7. The fourth-order valence-electron chi connectivity index (χ4n) is 2.92. The van der Waals surface area contributed by atoms with E-state index in [0.29, 0.717) is 19.5 Å². The minimum Gasteiger partial charge on any atom is -0.481 e. The lowest BCUT2D eigenvalue weighted by atomic mass is 10.0. The van der Waals surface area contributed by atoms with Crippen molar-refractivity contribution >= 4 is 16.0 Å². The van der Waals surface area contributed by atoms with Gasteiger partial charge in [-0.2, -0.15) is 4.31 Å². The number of unbranched alkanes of at least 4 members (excludes halogenated alkanes) is 3. The van der Waals surface area contributed by atoms with Gasteiger partial charge in [-0.1, -0.05) is 67.4 Å². The third-order valence-electron chi connectivity index (χ3n) is 4.44. The van der Waals surface area contributed by atoms with E-state index in [1.807, 2.05) is 54.6 Å². The fourth-order valence-corrected chi connectivity index (χ4v) is 3.76. The van der Waals surface area contributed by atoms with Crippen molar-refractivity contribution in [1.82, 2.24) is 4.31 Å². The second kappa shape index (κ2) is 10.2. The fraction of sp³-hybridized carbons (Fsp3) is 0.381. The molecule has 2 aromatic rings.